The third kappa shape index (κ3) is 8.46. The number of hydrogen-bond donors (Lipinski definition) is 0. The molecule has 0 bridgehead atoms. The first-order chi connectivity index (χ1) is 13.4. The normalized spacial score (nSPS) is 10.9. The van der Waals surface area contributed by atoms with Gasteiger partial charge in [-0.15, -0.1) is 0 Å². The van der Waals surface area contributed by atoms with Crippen molar-refractivity contribution in [3.05, 3.63) is 29.8 Å². The van der Waals surface area contributed by atoms with Gasteiger partial charge in [-0.2, -0.15) is 0 Å². The molecule has 0 aliphatic carbocycles. The van der Waals surface area contributed by atoms with E-state index < -0.39 is 0 Å². The fraction of sp³-hybridized carbons (Fsp3) is 0.545. The Kier molecular flexibility index (Phi) is 10.8. The van der Waals surface area contributed by atoms with Crippen molar-refractivity contribution in [3.8, 4) is 11.5 Å². The van der Waals surface area contributed by atoms with Crippen molar-refractivity contribution in [1.29, 1.82) is 0 Å². The summed E-state index contributed by atoms with van der Waals surface area (Å²) in [7, 11) is 2.94. The van der Waals surface area contributed by atoms with Crippen molar-refractivity contribution in [2.75, 3.05) is 33.9 Å². The van der Waals surface area contributed by atoms with Gasteiger partial charge in [0.05, 0.1) is 27.2 Å². The van der Waals surface area contributed by atoms with Gasteiger partial charge in [0, 0.05) is 19.2 Å². The molecule has 1 aromatic carbocycles. The minimum Gasteiger partial charge on any atom is -0.493 e. The SMILES string of the molecule is CCCCOc1ccc(/C=C/C(=O)N(CCC(=O)OC)CC(C)C)cc1OC. The maximum Gasteiger partial charge on any atom is 0.307 e. The summed E-state index contributed by atoms with van der Waals surface area (Å²) in [5.41, 5.74) is 0.838. The van der Waals surface area contributed by atoms with Gasteiger partial charge in [-0.25, -0.2) is 0 Å². The highest BCUT2D eigenvalue weighted by atomic mass is 16.5. The molecular formula is C22H33NO5. The first-order valence-electron chi connectivity index (χ1n) is 9.75. The molecule has 0 heterocycles. The number of nitrogens with zero attached hydrogens (tertiary/aromatic N) is 1. The molecular weight excluding hydrogens is 358 g/mol. The van der Waals surface area contributed by atoms with Gasteiger partial charge < -0.3 is 19.1 Å². The molecule has 0 aliphatic heterocycles. The molecule has 0 N–H and O–H groups in total. The second-order valence-electron chi connectivity index (χ2n) is 6.95. The molecule has 0 atom stereocenters. The van der Waals surface area contributed by atoms with Crippen LogP contribution in [0.25, 0.3) is 6.08 Å². The molecule has 0 saturated heterocycles. The Bertz CT molecular complexity index is 654. The number of carbonyl (C=O) groups is 2. The largest absolute Gasteiger partial charge is 0.493 e. The number of methoxy groups -OCH3 is 2. The van der Waals surface area contributed by atoms with Crippen LogP contribution < -0.4 is 9.47 Å². The predicted octanol–water partition coefficient (Wildman–Crippen LogP) is 3.94. The molecule has 0 aromatic heterocycles. The summed E-state index contributed by atoms with van der Waals surface area (Å²) in [5.74, 6) is 1.16. The second kappa shape index (κ2) is 12.8. The molecule has 28 heavy (non-hydrogen) atoms. The van der Waals surface area contributed by atoms with E-state index in [9.17, 15) is 9.59 Å². The minimum atomic E-state index is -0.325. The summed E-state index contributed by atoms with van der Waals surface area (Å²) in [6.45, 7) is 7.73. The average Bonchev–Trinajstić information content (AvgIpc) is 2.69. The number of carbonyl (C=O) groups excluding carboxylic acids is 2. The van der Waals surface area contributed by atoms with Crippen molar-refractivity contribution >= 4 is 18.0 Å². The van der Waals surface area contributed by atoms with E-state index in [1.807, 2.05) is 32.0 Å². The minimum absolute atomic E-state index is 0.139. The lowest BCUT2D eigenvalue weighted by molar-refractivity contribution is -0.141. The van der Waals surface area contributed by atoms with Crippen LogP contribution >= 0.6 is 0 Å². The fourth-order valence-electron chi connectivity index (χ4n) is 2.57. The zero-order valence-corrected chi connectivity index (χ0v) is 17.7. The van der Waals surface area contributed by atoms with Gasteiger partial charge in [0.1, 0.15) is 0 Å². The highest BCUT2D eigenvalue weighted by Gasteiger charge is 2.14. The zero-order chi connectivity index (χ0) is 20.9. The number of ether oxygens (including phenoxy) is 3. The number of amides is 1. The molecule has 0 unspecified atom stereocenters. The maximum absolute atomic E-state index is 12.6. The number of benzene rings is 1. The van der Waals surface area contributed by atoms with E-state index >= 15 is 0 Å². The second-order valence-corrected chi connectivity index (χ2v) is 6.95. The molecule has 1 aromatic rings. The standard InChI is InChI=1S/C22H33NO5/c1-6-7-14-28-19-10-8-18(15-20(19)26-4)9-11-21(24)23(16-17(2)3)13-12-22(25)27-5/h8-11,15,17H,6-7,12-14,16H2,1-5H3/b11-9+. The highest BCUT2D eigenvalue weighted by molar-refractivity contribution is 5.92. The van der Waals surface area contributed by atoms with Crippen molar-refractivity contribution in [2.24, 2.45) is 5.92 Å². The molecule has 6 nitrogen and oxygen atoms in total. The lowest BCUT2D eigenvalue weighted by atomic mass is 10.1. The molecule has 0 radical (unpaired) electrons. The van der Waals surface area contributed by atoms with Crippen LogP contribution in [0.1, 0.15) is 45.6 Å². The van der Waals surface area contributed by atoms with Crippen LogP contribution in [0.15, 0.2) is 24.3 Å². The molecule has 6 heteroatoms. The van der Waals surface area contributed by atoms with Gasteiger partial charge in [0.2, 0.25) is 5.91 Å². The first-order valence-corrected chi connectivity index (χ1v) is 9.75. The van der Waals surface area contributed by atoms with Crippen LogP contribution in [0.5, 0.6) is 11.5 Å². The summed E-state index contributed by atoms with van der Waals surface area (Å²) >= 11 is 0. The molecule has 0 saturated carbocycles. The van der Waals surface area contributed by atoms with Crippen LogP contribution in [0.3, 0.4) is 0 Å². The third-order valence-corrected chi connectivity index (χ3v) is 4.07. The summed E-state index contributed by atoms with van der Waals surface area (Å²) in [5, 5.41) is 0. The van der Waals surface area contributed by atoms with E-state index in [0.29, 0.717) is 37.1 Å². The van der Waals surface area contributed by atoms with Gasteiger partial charge >= 0.3 is 5.97 Å². The van der Waals surface area contributed by atoms with E-state index in [-0.39, 0.29) is 18.3 Å². The Morgan fingerprint density at radius 3 is 2.54 bits per heavy atom. The van der Waals surface area contributed by atoms with E-state index in [4.69, 9.17) is 9.47 Å². The Morgan fingerprint density at radius 2 is 1.93 bits per heavy atom. The number of esters is 1. The number of unbranched alkanes of at least 4 members (excludes halogenated alkanes) is 1. The Hall–Kier alpha value is -2.50. The van der Waals surface area contributed by atoms with Crippen LogP contribution in [0, 0.1) is 5.92 Å². The average molecular weight is 392 g/mol. The molecule has 0 spiro atoms. The van der Waals surface area contributed by atoms with Crippen molar-refractivity contribution in [1.82, 2.24) is 4.90 Å². The fourth-order valence-corrected chi connectivity index (χ4v) is 2.57. The zero-order valence-electron chi connectivity index (χ0n) is 17.7. The van der Waals surface area contributed by atoms with E-state index in [1.54, 1.807) is 18.1 Å². The Morgan fingerprint density at radius 1 is 1.18 bits per heavy atom. The van der Waals surface area contributed by atoms with Crippen molar-refractivity contribution in [2.45, 2.75) is 40.0 Å². The first kappa shape index (κ1) is 23.5. The summed E-state index contributed by atoms with van der Waals surface area (Å²) in [6, 6.07) is 5.57. The van der Waals surface area contributed by atoms with Gasteiger partial charge in [-0.1, -0.05) is 33.3 Å². The number of rotatable bonds is 12. The lowest BCUT2D eigenvalue weighted by Gasteiger charge is -2.22. The molecule has 156 valence electrons. The predicted molar refractivity (Wildman–Crippen MR) is 110 cm³/mol. The van der Waals surface area contributed by atoms with Gasteiger partial charge in [0.25, 0.3) is 0 Å². The third-order valence-electron chi connectivity index (χ3n) is 4.07. The maximum atomic E-state index is 12.6. The van der Waals surface area contributed by atoms with Gasteiger partial charge in [0.15, 0.2) is 11.5 Å². The van der Waals surface area contributed by atoms with Crippen LogP contribution in [0.4, 0.5) is 0 Å². The Labute approximate surface area is 168 Å². The van der Waals surface area contributed by atoms with Gasteiger partial charge in [-0.05, 0) is 36.1 Å². The summed E-state index contributed by atoms with van der Waals surface area (Å²) < 4.78 is 15.8. The quantitative estimate of drug-likeness (QED) is 0.307. The lowest BCUT2D eigenvalue weighted by Crippen LogP contribution is -2.34. The van der Waals surface area contributed by atoms with Crippen LogP contribution in [0.2, 0.25) is 0 Å². The topological polar surface area (TPSA) is 65.1 Å². The molecule has 1 rings (SSSR count). The van der Waals surface area contributed by atoms with E-state index in [2.05, 4.69) is 11.7 Å². The van der Waals surface area contributed by atoms with E-state index in [1.165, 1.54) is 13.2 Å². The van der Waals surface area contributed by atoms with Crippen molar-refractivity contribution in [3.63, 3.8) is 0 Å². The number of hydrogen-bond acceptors (Lipinski definition) is 5. The summed E-state index contributed by atoms with van der Waals surface area (Å²) in [4.78, 5) is 25.6. The Balaban J connectivity index is 2.82. The molecule has 1 amide bonds. The van der Waals surface area contributed by atoms with Crippen molar-refractivity contribution < 1.29 is 23.8 Å². The monoisotopic (exact) mass is 391 g/mol. The molecule has 0 fully saturated rings. The smallest absolute Gasteiger partial charge is 0.307 e. The van der Waals surface area contributed by atoms with Crippen LogP contribution in [-0.2, 0) is 14.3 Å². The van der Waals surface area contributed by atoms with Crippen LogP contribution in [-0.4, -0.2) is 50.7 Å². The highest BCUT2D eigenvalue weighted by Crippen LogP contribution is 2.28. The van der Waals surface area contributed by atoms with E-state index in [0.717, 1.165) is 18.4 Å². The molecule has 0 aliphatic rings. The summed E-state index contributed by atoms with van der Waals surface area (Å²) in [6.07, 6.45) is 5.49. The van der Waals surface area contributed by atoms with Gasteiger partial charge in [-0.3, -0.25) is 9.59 Å².